The van der Waals surface area contributed by atoms with Gasteiger partial charge in [-0.05, 0) is 102 Å². The van der Waals surface area contributed by atoms with Gasteiger partial charge in [0.25, 0.3) is 0 Å². The summed E-state index contributed by atoms with van der Waals surface area (Å²) in [7, 11) is 2.07. The molecule has 0 saturated heterocycles. The predicted octanol–water partition coefficient (Wildman–Crippen LogP) is 10.6. The Bertz CT molecular complexity index is 1920. The molecule has 0 spiro atoms. The van der Waals surface area contributed by atoms with Crippen molar-refractivity contribution < 1.29 is 13.9 Å². The monoisotopic (exact) mass is 685 g/mol. The SMILES string of the molecule is CCN1/C(=C/C=C2\CCC(/C=C/C3=[N+](CC)C4C=CC(C)=C[C@@]4(C)C3(C)C)=C2OC(c2cc[n+](C)cc2)C(C)(C)C)C(C)(C)c2cc(C)ccc21. The van der Waals surface area contributed by atoms with E-state index >= 15 is 0 Å². The van der Waals surface area contributed by atoms with Crippen molar-refractivity contribution in [2.75, 3.05) is 18.0 Å². The number of aromatic nitrogens is 1. The molecule has 0 saturated carbocycles. The Balaban J connectivity index is 1.47. The van der Waals surface area contributed by atoms with Crippen molar-refractivity contribution in [1.29, 1.82) is 0 Å². The molecular weight excluding hydrogens is 623 g/mol. The van der Waals surface area contributed by atoms with Crippen molar-refractivity contribution >= 4 is 11.4 Å². The second-order valence-electron chi connectivity index (χ2n) is 17.8. The quantitative estimate of drug-likeness (QED) is 0.258. The first kappa shape index (κ1) is 36.9. The average molecular weight is 686 g/mol. The number of rotatable bonds is 8. The van der Waals surface area contributed by atoms with Crippen LogP contribution >= 0.6 is 0 Å². The largest absolute Gasteiger partial charge is 0.485 e. The van der Waals surface area contributed by atoms with Crippen LogP contribution in [0.15, 0.2) is 113 Å². The van der Waals surface area contributed by atoms with E-state index in [0.717, 1.165) is 31.7 Å². The van der Waals surface area contributed by atoms with Crippen molar-refractivity contribution in [2.45, 2.75) is 113 Å². The number of ether oxygens (including phenoxy) is 1. The molecule has 0 amide bonds. The Morgan fingerprint density at radius 1 is 0.961 bits per heavy atom. The third kappa shape index (κ3) is 6.31. The van der Waals surface area contributed by atoms with Crippen molar-refractivity contribution in [3.05, 3.63) is 130 Å². The molecule has 2 aliphatic carbocycles. The zero-order valence-electron chi connectivity index (χ0n) is 33.8. The number of likely N-dealkylation sites (N-methyl/N-ethyl adjacent to an activating group) is 2. The van der Waals surface area contributed by atoms with Gasteiger partial charge in [0, 0.05) is 52.5 Å². The van der Waals surface area contributed by atoms with Crippen molar-refractivity contribution in [2.24, 2.45) is 23.3 Å². The summed E-state index contributed by atoms with van der Waals surface area (Å²) in [4.78, 5) is 2.50. The molecule has 3 heterocycles. The summed E-state index contributed by atoms with van der Waals surface area (Å²) in [5.41, 5.74) is 11.7. The maximum atomic E-state index is 7.34. The Morgan fingerprint density at radius 2 is 1.67 bits per heavy atom. The van der Waals surface area contributed by atoms with E-state index in [0.29, 0.717) is 6.04 Å². The number of anilines is 1. The number of benzene rings is 1. The third-order valence-corrected chi connectivity index (χ3v) is 12.5. The molecule has 0 fully saturated rings. The fourth-order valence-electron chi connectivity index (χ4n) is 9.19. The first-order chi connectivity index (χ1) is 23.9. The van der Waals surface area contributed by atoms with E-state index in [-0.39, 0.29) is 27.8 Å². The lowest BCUT2D eigenvalue weighted by Crippen LogP contribution is -2.42. The van der Waals surface area contributed by atoms with E-state index in [1.807, 2.05) is 0 Å². The molecule has 0 N–H and O–H groups in total. The number of hydrogen-bond donors (Lipinski definition) is 0. The first-order valence-corrected chi connectivity index (χ1v) is 19.3. The van der Waals surface area contributed by atoms with Crippen molar-refractivity contribution in [1.82, 2.24) is 0 Å². The summed E-state index contributed by atoms with van der Waals surface area (Å²) in [6.45, 7) is 29.8. The molecule has 1 aromatic carbocycles. The zero-order chi connectivity index (χ0) is 37.1. The molecule has 4 aliphatic rings. The van der Waals surface area contributed by atoms with Gasteiger partial charge in [-0.15, -0.1) is 0 Å². The number of aryl methyl sites for hydroxylation is 2. The molecule has 0 bridgehead atoms. The molecule has 3 atom stereocenters. The van der Waals surface area contributed by atoms with Gasteiger partial charge in [-0.2, -0.15) is 0 Å². The highest BCUT2D eigenvalue weighted by Gasteiger charge is 2.60. The van der Waals surface area contributed by atoms with Crippen LogP contribution < -0.4 is 9.47 Å². The summed E-state index contributed by atoms with van der Waals surface area (Å²) in [5.74, 6) is 1.04. The van der Waals surface area contributed by atoms with Crippen LogP contribution in [0.4, 0.5) is 5.69 Å². The summed E-state index contributed by atoms with van der Waals surface area (Å²) in [5, 5.41) is 0. The lowest BCUT2D eigenvalue weighted by atomic mass is 9.61. The fraction of sp³-hybridized carbons (Fsp3) is 0.489. The number of nitrogens with zero attached hydrogens (tertiary/aromatic N) is 3. The smallest absolute Gasteiger partial charge is 0.183 e. The van der Waals surface area contributed by atoms with Crippen molar-refractivity contribution in [3.8, 4) is 0 Å². The lowest BCUT2D eigenvalue weighted by Gasteiger charge is -2.37. The number of pyridine rings is 1. The average Bonchev–Trinajstić information content (AvgIpc) is 3.59. The molecule has 6 rings (SSSR count). The van der Waals surface area contributed by atoms with Crippen molar-refractivity contribution in [3.63, 3.8) is 0 Å². The van der Waals surface area contributed by atoms with Gasteiger partial charge in [0.15, 0.2) is 24.1 Å². The van der Waals surface area contributed by atoms with Crippen LogP contribution in [0.3, 0.4) is 0 Å². The van der Waals surface area contributed by atoms with Gasteiger partial charge in [0.2, 0.25) is 0 Å². The molecule has 4 heteroatoms. The molecule has 2 aliphatic heterocycles. The van der Waals surface area contributed by atoms with Crippen LogP contribution in [-0.4, -0.2) is 29.4 Å². The second kappa shape index (κ2) is 13.2. The topological polar surface area (TPSA) is 19.4 Å². The maximum absolute atomic E-state index is 7.34. The normalized spacial score (nSPS) is 26.1. The summed E-state index contributed by atoms with van der Waals surface area (Å²) < 4.78 is 12.1. The van der Waals surface area contributed by atoms with Crippen LogP contribution in [0, 0.1) is 23.2 Å². The van der Waals surface area contributed by atoms with Gasteiger partial charge in [-0.25, -0.2) is 9.14 Å². The van der Waals surface area contributed by atoms with Gasteiger partial charge in [-0.1, -0.05) is 76.1 Å². The zero-order valence-corrected chi connectivity index (χ0v) is 33.8. The van der Waals surface area contributed by atoms with E-state index in [1.54, 1.807) is 0 Å². The van der Waals surface area contributed by atoms with Gasteiger partial charge in [0.05, 0.1) is 10.8 Å². The van der Waals surface area contributed by atoms with Gasteiger partial charge < -0.3 is 9.64 Å². The van der Waals surface area contributed by atoms with Gasteiger partial charge >= 0.3 is 0 Å². The molecule has 2 aromatic rings. The second-order valence-corrected chi connectivity index (χ2v) is 17.8. The molecule has 2 unspecified atom stereocenters. The Hall–Kier alpha value is -3.92. The number of hydrogen-bond acceptors (Lipinski definition) is 2. The lowest BCUT2D eigenvalue weighted by molar-refractivity contribution is -0.671. The molecule has 270 valence electrons. The Labute approximate surface area is 309 Å². The molecular formula is C47H63N3O+2. The standard InChI is InChI=1S/C47H63N3O/c1-14-49-38-22-16-32(3)30-37(38)45(8,9)39(49)24-20-34-18-19-35(42(34)51-43(44(5,6)7)36-26-28-48(13)29-27-36)21-25-40-46(10,11)47(12)31-33(4)17-23-41(47)50(40)15-2/h16-17,20-31,41,43H,14-15,18-19H2,1-13H3/q+2/t41?,43?,47-/m1/s1. The van der Waals surface area contributed by atoms with Crippen LogP contribution in [0.25, 0.3) is 0 Å². The summed E-state index contributed by atoms with van der Waals surface area (Å²) in [6.07, 6.45) is 22.9. The van der Waals surface area contributed by atoms with E-state index in [4.69, 9.17) is 4.74 Å². The minimum absolute atomic E-state index is 0.0261. The van der Waals surface area contributed by atoms with E-state index in [2.05, 4.69) is 189 Å². The molecule has 4 nitrogen and oxygen atoms in total. The summed E-state index contributed by atoms with van der Waals surface area (Å²) >= 11 is 0. The highest BCUT2D eigenvalue weighted by Crippen LogP contribution is 2.53. The van der Waals surface area contributed by atoms with E-state index < -0.39 is 0 Å². The third-order valence-electron chi connectivity index (χ3n) is 12.5. The molecule has 51 heavy (non-hydrogen) atoms. The summed E-state index contributed by atoms with van der Waals surface area (Å²) in [6, 6.07) is 11.7. The number of fused-ring (bicyclic) bond motifs is 2. The van der Waals surface area contributed by atoms with Crippen LogP contribution in [0.2, 0.25) is 0 Å². The minimum Gasteiger partial charge on any atom is -0.485 e. The van der Waals surface area contributed by atoms with E-state index in [9.17, 15) is 0 Å². The molecule has 1 aromatic heterocycles. The maximum Gasteiger partial charge on any atom is 0.183 e. The Morgan fingerprint density at radius 3 is 2.31 bits per heavy atom. The highest BCUT2D eigenvalue weighted by atomic mass is 16.5. The fourth-order valence-corrected chi connectivity index (χ4v) is 9.19. The van der Waals surface area contributed by atoms with Gasteiger partial charge in [0.1, 0.15) is 25.5 Å². The first-order valence-electron chi connectivity index (χ1n) is 19.3. The van der Waals surface area contributed by atoms with Crippen LogP contribution in [0.5, 0.6) is 0 Å². The highest BCUT2D eigenvalue weighted by molar-refractivity contribution is 5.98. The molecule has 0 radical (unpaired) electrons. The minimum atomic E-state index is -0.109. The number of allylic oxidation sites excluding steroid dienone is 9. The van der Waals surface area contributed by atoms with E-state index in [1.165, 1.54) is 50.5 Å². The predicted molar refractivity (Wildman–Crippen MR) is 214 cm³/mol. The van der Waals surface area contributed by atoms with Crippen LogP contribution in [-0.2, 0) is 17.2 Å². The Kier molecular flexibility index (Phi) is 9.57. The van der Waals surface area contributed by atoms with Gasteiger partial charge in [-0.3, -0.25) is 0 Å². The van der Waals surface area contributed by atoms with Crippen LogP contribution in [0.1, 0.15) is 112 Å².